The van der Waals surface area contributed by atoms with Gasteiger partial charge in [-0.1, -0.05) is 26.2 Å². The molecule has 0 aromatic carbocycles. The van der Waals surface area contributed by atoms with Crippen molar-refractivity contribution in [2.24, 2.45) is 0 Å². The van der Waals surface area contributed by atoms with Crippen molar-refractivity contribution in [1.29, 1.82) is 0 Å². The highest BCUT2D eigenvalue weighted by Crippen LogP contribution is 2.08. The maximum atomic E-state index is 12.4. The van der Waals surface area contributed by atoms with Crippen LogP contribution in [-0.2, 0) is 9.53 Å². The molecule has 1 heterocycles. The summed E-state index contributed by atoms with van der Waals surface area (Å²) < 4.78 is 4.64. The van der Waals surface area contributed by atoms with Crippen LogP contribution in [-0.4, -0.2) is 42.0 Å². The van der Waals surface area contributed by atoms with E-state index in [9.17, 15) is 9.59 Å². The van der Waals surface area contributed by atoms with Crippen LogP contribution in [0.1, 0.15) is 49.4 Å². The van der Waals surface area contributed by atoms with E-state index < -0.39 is 0 Å². The molecule has 116 valence electrons. The van der Waals surface area contributed by atoms with Crippen LogP contribution in [0.5, 0.6) is 0 Å². The van der Waals surface area contributed by atoms with E-state index >= 15 is 0 Å². The fraction of sp³-hybridized carbons (Fsp3) is 0.562. The lowest BCUT2D eigenvalue weighted by Crippen LogP contribution is -2.34. The van der Waals surface area contributed by atoms with Crippen molar-refractivity contribution in [1.82, 2.24) is 9.88 Å². The predicted octanol–water partition coefficient (Wildman–Crippen LogP) is 2.67. The predicted molar refractivity (Wildman–Crippen MR) is 80.9 cm³/mol. The zero-order chi connectivity index (χ0) is 15.5. The standard InChI is InChI=1S/C16H24N2O3/c1-3-4-5-6-11-18(12-9-15(19)21-2)16(20)14-8-7-10-17-13-14/h7-8,10,13H,3-6,9,11-12H2,1-2H3. The number of pyridine rings is 1. The normalized spacial score (nSPS) is 10.2. The molecule has 0 bridgehead atoms. The first-order chi connectivity index (χ1) is 10.2. The van der Waals surface area contributed by atoms with Crippen molar-refractivity contribution in [2.45, 2.75) is 39.0 Å². The number of esters is 1. The number of carbonyl (C=O) groups is 2. The molecule has 5 nitrogen and oxygen atoms in total. The zero-order valence-electron chi connectivity index (χ0n) is 12.9. The fourth-order valence-corrected chi connectivity index (χ4v) is 2.04. The Morgan fingerprint density at radius 1 is 1.24 bits per heavy atom. The van der Waals surface area contributed by atoms with Crippen molar-refractivity contribution in [3.63, 3.8) is 0 Å². The van der Waals surface area contributed by atoms with Crippen LogP contribution in [0.3, 0.4) is 0 Å². The molecule has 0 aliphatic heterocycles. The maximum absolute atomic E-state index is 12.4. The van der Waals surface area contributed by atoms with Gasteiger partial charge in [0.25, 0.3) is 5.91 Å². The third-order valence-electron chi connectivity index (χ3n) is 3.29. The van der Waals surface area contributed by atoms with E-state index in [1.54, 1.807) is 29.4 Å². The van der Waals surface area contributed by atoms with Gasteiger partial charge in [-0.2, -0.15) is 0 Å². The monoisotopic (exact) mass is 292 g/mol. The number of carbonyl (C=O) groups excluding carboxylic acids is 2. The second-order valence-electron chi connectivity index (χ2n) is 4.92. The van der Waals surface area contributed by atoms with Gasteiger partial charge < -0.3 is 9.64 Å². The van der Waals surface area contributed by atoms with Crippen LogP contribution in [0.4, 0.5) is 0 Å². The van der Waals surface area contributed by atoms with Crippen LogP contribution in [0.15, 0.2) is 24.5 Å². The van der Waals surface area contributed by atoms with Gasteiger partial charge in [0, 0.05) is 25.5 Å². The molecule has 0 atom stereocenters. The summed E-state index contributed by atoms with van der Waals surface area (Å²) in [5.74, 6) is -0.379. The molecule has 1 rings (SSSR count). The molecular weight excluding hydrogens is 268 g/mol. The zero-order valence-corrected chi connectivity index (χ0v) is 12.9. The number of hydrogen-bond donors (Lipinski definition) is 0. The van der Waals surface area contributed by atoms with Gasteiger partial charge in [0.05, 0.1) is 19.1 Å². The summed E-state index contributed by atoms with van der Waals surface area (Å²) in [5.41, 5.74) is 0.554. The van der Waals surface area contributed by atoms with Crippen molar-refractivity contribution in [2.75, 3.05) is 20.2 Å². The number of hydrogen-bond acceptors (Lipinski definition) is 4. The molecule has 1 amide bonds. The van der Waals surface area contributed by atoms with Gasteiger partial charge in [0.15, 0.2) is 0 Å². The van der Waals surface area contributed by atoms with Crippen LogP contribution >= 0.6 is 0 Å². The Morgan fingerprint density at radius 2 is 2.05 bits per heavy atom. The second-order valence-corrected chi connectivity index (χ2v) is 4.92. The SMILES string of the molecule is CCCCCCN(CCC(=O)OC)C(=O)c1cccnc1. The van der Waals surface area contributed by atoms with Crippen molar-refractivity contribution in [3.05, 3.63) is 30.1 Å². The summed E-state index contributed by atoms with van der Waals surface area (Å²) in [6.07, 6.45) is 7.75. The molecule has 0 N–H and O–H groups in total. The van der Waals surface area contributed by atoms with E-state index in [4.69, 9.17) is 0 Å². The topological polar surface area (TPSA) is 59.5 Å². The summed E-state index contributed by atoms with van der Waals surface area (Å²) in [5, 5.41) is 0. The van der Waals surface area contributed by atoms with E-state index in [1.165, 1.54) is 7.11 Å². The number of ether oxygens (including phenoxy) is 1. The highest BCUT2D eigenvalue weighted by molar-refractivity contribution is 5.94. The third kappa shape index (κ3) is 6.38. The van der Waals surface area contributed by atoms with Gasteiger partial charge in [0.1, 0.15) is 0 Å². The lowest BCUT2D eigenvalue weighted by atomic mass is 10.1. The Balaban J connectivity index is 2.61. The van der Waals surface area contributed by atoms with E-state index in [0.29, 0.717) is 18.7 Å². The van der Waals surface area contributed by atoms with Crippen LogP contribution in [0.2, 0.25) is 0 Å². The molecule has 1 aromatic rings. The molecule has 0 spiro atoms. The molecule has 0 saturated heterocycles. The Kier molecular flexibility index (Phi) is 8.09. The minimum atomic E-state index is -0.299. The van der Waals surface area contributed by atoms with Crippen molar-refractivity contribution < 1.29 is 14.3 Å². The first kappa shape index (κ1) is 17.1. The fourth-order valence-electron chi connectivity index (χ4n) is 2.04. The molecule has 0 aliphatic carbocycles. The molecule has 0 saturated carbocycles. The van der Waals surface area contributed by atoms with Gasteiger partial charge in [-0.15, -0.1) is 0 Å². The minimum absolute atomic E-state index is 0.0801. The number of amides is 1. The minimum Gasteiger partial charge on any atom is -0.469 e. The quantitative estimate of drug-likeness (QED) is 0.518. The summed E-state index contributed by atoms with van der Waals surface area (Å²) in [6.45, 7) is 3.19. The Morgan fingerprint density at radius 3 is 2.67 bits per heavy atom. The van der Waals surface area contributed by atoms with E-state index in [1.807, 2.05) is 0 Å². The Hall–Kier alpha value is -1.91. The summed E-state index contributed by atoms with van der Waals surface area (Å²) in [4.78, 5) is 29.4. The van der Waals surface area contributed by atoms with E-state index in [0.717, 1.165) is 25.7 Å². The van der Waals surface area contributed by atoms with E-state index in [2.05, 4.69) is 16.6 Å². The Labute approximate surface area is 126 Å². The number of rotatable bonds is 9. The summed E-state index contributed by atoms with van der Waals surface area (Å²) in [7, 11) is 1.36. The maximum Gasteiger partial charge on any atom is 0.307 e. The van der Waals surface area contributed by atoms with Gasteiger partial charge in [0.2, 0.25) is 0 Å². The summed E-state index contributed by atoms with van der Waals surface area (Å²) in [6, 6.07) is 3.48. The van der Waals surface area contributed by atoms with Crippen LogP contribution in [0.25, 0.3) is 0 Å². The smallest absolute Gasteiger partial charge is 0.307 e. The number of methoxy groups -OCH3 is 1. The molecule has 0 unspecified atom stereocenters. The first-order valence-electron chi connectivity index (χ1n) is 7.45. The first-order valence-corrected chi connectivity index (χ1v) is 7.45. The lowest BCUT2D eigenvalue weighted by Gasteiger charge is -2.22. The molecule has 0 radical (unpaired) electrons. The van der Waals surface area contributed by atoms with Crippen molar-refractivity contribution in [3.8, 4) is 0 Å². The van der Waals surface area contributed by atoms with Gasteiger partial charge in [-0.05, 0) is 18.6 Å². The van der Waals surface area contributed by atoms with Crippen molar-refractivity contribution >= 4 is 11.9 Å². The molecule has 0 aliphatic rings. The highest BCUT2D eigenvalue weighted by atomic mass is 16.5. The van der Waals surface area contributed by atoms with Gasteiger partial charge >= 0.3 is 5.97 Å². The van der Waals surface area contributed by atoms with Crippen LogP contribution < -0.4 is 0 Å². The summed E-state index contributed by atoms with van der Waals surface area (Å²) >= 11 is 0. The molecule has 21 heavy (non-hydrogen) atoms. The average molecular weight is 292 g/mol. The third-order valence-corrected chi connectivity index (χ3v) is 3.29. The largest absolute Gasteiger partial charge is 0.469 e. The number of unbranched alkanes of at least 4 members (excludes halogenated alkanes) is 3. The number of aromatic nitrogens is 1. The molecule has 5 heteroatoms. The van der Waals surface area contributed by atoms with Gasteiger partial charge in [-0.3, -0.25) is 14.6 Å². The molecular formula is C16H24N2O3. The van der Waals surface area contributed by atoms with Crippen LogP contribution in [0, 0.1) is 0 Å². The lowest BCUT2D eigenvalue weighted by molar-refractivity contribution is -0.140. The molecule has 0 fully saturated rings. The average Bonchev–Trinajstić information content (AvgIpc) is 2.54. The second kappa shape index (κ2) is 9.91. The Bertz CT molecular complexity index is 434. The van der Waals surface area contributed by atoms with Gasteiger partial charge in [-0.25, -0.2) is 0 Å². The molecule has 1 aromatic heterocycles. The highest BCUT2D eigenvalue weighted by Gasteiger charge is 2.16. The van der Waals surface area contributed by atoms with E-state index in [-0.39, 0.29) is 18.3 Å². The number of nitrogens with zero attached hydrogens (tertiary/aromatic N) is 2.